The van der Waals surface area contributed by atoms with Gasteiger partial charge in [0.05, 0.1) is 11.8 Å². The van der Waals surface area contributed by atoms with E-state index in [1.54, 1.807) is 13.1 Å². The Kier molecular flexibility index (Phi) is 4.12. The van der Waals surface area contributed by atoms with E-state index in [4.69, 9.17) is 4.74 Å². The van der Waals surface area contributed by atoms with E-state index in [0.29, 0.717) is 11.3 Å². The fourth-order valence-corrected chi connectivity index (χ4v) is 1.79. The van der Waals surface area contributed by atoms with Gasteiger partial charge >= 0.3 is 0 Å². The highest BCUT2D eigenvalue weighted by atomic mass is 19.1. The minimum atomic E-state index is -0.708. The monoisotopic (exact) mass is 261 g/mol. The highest BCUT2D eigenvalue weighted by Gasteiger charge is 2.11. The second-order valence-corrected chi connectivity index (χ2v) is 4.41. The van der Waals surface area contributed by atoms with Crippen molar-refractivity contribution in [1.82, 2.24) is 4.98 Å². The molecule has 0 aliphatic rings. The third-order valence-corrected chi connectivity index (χ3v) is 2.91. The van der Waals surface area contributed by atoms with Crippen molar-refractivity contribution in [1.29, 1.82) is 0 Å². The first-order valence-electron chi connectivity index (χ1n) is 6.08. The van der Waals surface area contributed by atoms with Gasteiger partial charge in [-0.1, -0.05) is 6.07 Å². The van der Waals surface area contributed by atoms with Crippen LogP contribution in [0.25, 0.3) is 0 Å². The normalized spacial score (nSPS) is 12.2. The quantitative estimate of drug-likeness (QED) is 0.919. The van der Waals surface area contributed by atoms with Crippen molar-refractivity contribution in [2.75, 3.05) is 0 Å². The molecule has 1 unspecified atom stereocenters. The van der Waals surface area contributed by atoms with Crippen molar-refractivity contribution in [3.63, 3.8) is 0 Å². The number of nitrogens with zero attached hydrogens (tertiary/aromatic N) is 1. The van der Waals surface area contributed by atoms with Crippen LogP contribution in [0.4, 0.5) is 4.39 Å². The fourth-order valence-electron chi connectivity index (χ4n) is 1.79. The second-order valence-electron chi connectivity index (χ2n) is 4.41. The van der Waals surface area contributed by atoms with Gasteiger partial charge < -0.3 is 9.84 Å². The smallest absolute Gasteiger partial charge is 0.130 e. The molecule has 1 aromatic heterocycles. The molecule has 0 bridgehead atoms. The van der Waals surface area contributed by atoms with Crippen LogP contribution in [-0.4, -0.2) is 10.1 Å². The van der Waals surface area contributed by atoms with Gasteiger partial charge in [0.2, 0.25) is 0 Å². The molecule has 2 rings (SSSR count). The lowest BCUT2D eigenvalue weighted by Gasteiger charge is -2.14. The zero-order valence-electron chi connectivity index (χ0n) is 10.9. The van der Waals surface area contributed by atoms with Crippen LogP contribution in [0.3, 0.4) is 0 Å². The fraction of sp³-hybridized carbons (Fsp3) is 0.267. The molecule has 100 valence electrons. The number of halogens is 1. The highest BCUT2D eigenvalue weighted by Crippen LogP contribution is 2.26. The lowest BCUT2D eigenvalue weighted by Crippen LogP contribution is -2.04. The summed E-state index contributed by atoms with van der Waals surface area (Å²) in [5.41, 5.74) is 2.37. The van der Waals surface area contributed by atoms with Gasteiger partial charge in [-0.2, -0.15) is 0 Å². The molecule has 0 saturated heterocycles. The maximum atomic E-state index is 13.2. The molecule has 2 aromatic rings. The van der Waals surface area contributed by atoms with Crippen LogP contribution in [0, 0.1) is 12.7 Å². The van der Waals surface area contributed by atoms with Gasteiger partial charge in [-0.05, 0) is 37.6 Å². The summed E-state index contributed by atoms with van der Waals surface area (Å²) >= 11 is 0. The van der Waals surface area contributed by atoms with E-state index in [-0.39, 0.29) is 6.61 Å². The Balaban J connectivity index is 2.19. The van der Waals surface area contributed by atoms with Crippen LogP contribution in [0.5, 0.6) is 5.75 Å². The second kappa shape index (κ2) is 5.80. The van der Waals surface area contributed by atoms with Crippen molar-refractivity contribution in [2.45, 2.75) is 26.6 Å². The number of pyridine rings is 1. The number of hydrogen-bond acceptors (Lipinski definition) is 3. The Morgan fingerprint density at radius 2 is 2.16 bits per heavy atom. The van der Waals surface area contributed by atoms with E-state index in [0.717, 1.165) is 11.3 Å². The van der Waals surface area contributed by atoms with E-state index < -0.39 is 11.9 Å². The Hall–Kier alpha value is -1.94. The van der Waals surface area contributed by atoms with Gasteiger partial charge in [0, 0.05) is 17.8 Å². The molecule has 1 heterocycles. The summed E-state index contributed by atoms with van der Waals surface area (Å²) in [7, 11) is 0. The molecule has 0 amide bonds. The number of rotatable bonds is 4. The molecule has 1 aromatic carbocycles. The maximum absolute atomic E-state index is 13.2. The third kappa shape index (κ3) is 3.29. The zero-order chi connectivity index (χ0) is 13.8. The van der Waals surface area contributed by atoms with E-state index in [2.05, 4.69) is 4.98 Å². The lowest BCUT2D eigenvalue weighted by atomic mass is 10.1. The Morgan fingerprint density at radius 3 is 2.84 bits per heavy atom. The van der Waals surface area contributed by atoms with Gasteiger partial charge in [-0.25, -0.2) is 4.39 Å². The van der Waals surface area contributed by atoms with Crippen molar-refractivity contribution in [3.8, 4) is 5.75 Å². The average molecular weight is 261 g/mol. The predicted molar refractivity (Wildman–Crippen MR) is 70.3 cm³/mol. The topological polar surface area (TPSA) is 42.4 Å². The zero-order valence-corrected chi connectivity index (χ0v) is 10.9. The molecule has 0 radical (unpaired) electrons. The summed E-state index contributed by atoms with van der Waals surface area (Å²) in [6.07, 6.45) is 0.979. The van der Waals surface area contributed by atoms with E-state index in [1.165, 1.54) is 18.2 Å². The van der Waals surface area contributed by atoms with E-state index in [9.17, 15) is 9.50 Å². The average Bonchev–Trinajstić information content (AvgIpc) is 2.37. The first kappa shape index (κ1) is 13.5. The summed E-state index contributed by atoms with van der Waals surface area (Å²) in [4.78, 5) is 4.21. The molecule has 0 saturated carbocycles. The number of aliphatic hydroxyl groups is 1. The summed E-state index contributed by atoms with van der Waals surface area (Å²) in [5.74, 6) is -0.0443. The number of aromatic nitrogens is 1. The van der Waals surface area contributed by atoms with Crippen LogP contribution >= 0.6 is 0 Å². The minimum absolute atomic E-state index is 0.246. The number of benzene rings is 1. The highest BCUT2D eigenvalue weighted by molar-refractivity contribution is 5.35. The minimum Gasteiger partial charge on any atom is -0.487 e. The van der Waals surface area contributed by atoms with Gasteiger partial charge in [-0.15, -0.1) is 0 Å². The predicted octanol–water partition coefficient (Wildman–Crippen LogP) is 3.16. The summed E-state index contributed by atoms with van der Waals surface area (Å²) in [6.45, 7) is 3.80. The molecule has 0 fully saturated rings. The van der Waals surface area contributed by atoms with Crippen molar-refractivity contribution >= 4 is 0 Å². The van der Waals surface area contributed by atoms with Gasteiger partial charge in [0.25, 0.3) is 0 Å². The number of aliphatic hydroxyl groups excluding tert-OH is 1. The van der Waals surface area contributed by atoms with E-state index >= 15 is 0 Å². The van der Waals surface area contributed by atoms with Crippen molar-refractivity contribution in [2.24, 2.45) is 0 Å². The molecule has 0 spiro atoms. The molecule has 0 aliphatic heterocycles. The van der Waals surface area contributed by atoms with Gasteiger partial charge in [0.1, 0.15) is 18.2 Å². The van der Waals surface area contributed by atoms with Crippen molar-refractivity contribution < 1.29 is 14.2 Å². The van der Waals surface area contributed by atoms with Crippen LogP contribution in [0.1, 0.15) is 29.8 Å². The first-order valence-corrected chi connectivity index (χ1v) is 6.08. The Labute approximate surface area is 111 Å². The first-order chi connectivity index (χ1) is 9.08. The Morgan fingerprint density at radius 1 is 1.37 bits per heavy atom. The molecule has 1 atom stereocenters. The number of aryl methyl sites for hydroxylation is 1. The van der Waals surface area contributed by atoms with Gasteiger partial charge in [-0.3, -0.25) is 4.98 Å². The standard InChI is InChI=1S/C15H16FNO2/c1-10-4-3-7-17-14(10)9-19-15-8-12(16)5-6-13(15)11(2)18/h3-8,11,18H,9H2,1-2H3. The lowest BCUT2D eigenvalue weighted by molar-refractivity contribution is 0.189. The molecular weight excluding hydrogens is 245 g/mol. The van der Waals surface area contributed by atoms with Crippen LogP contribution in [-0.2, 0) is 6.61 Å². The van der Waals surface area contributed by atoms with Crippen LogP contribution in [0.2, 0.25) is 0 Å². The molecule has 1 N–H and O–H groups in total. The molecule has 4 heteroatoms. The largest absolute Gasteiger partial charge is 0.487 e. The SMILES string of the molecule is Cc1cccnc1COc1cc(F)ccc1C(C)O. The van der Waals surface area contributed by atoms with Crippen LogP contribution in [0.15, 0.2) is 36.5 Å². The Bertz CT molecular complexity index is 570. The summed E-state index contributed by atoms with van der Waals surface area (Å²) in [5, 5.41) is 9.63. The molecule has 3 nitrogen and oxygen atoms in total. The molecule has 19 heavy (non-hydrogen) atoms. The summed E-state index contributed by atoms with van der Waals surface area (Å²) in [6, 6.07) is 7.90. The van der Waals surface area contributed by atoms with Crippen molar-refractivity contribution in [3.05, 3.63) is 59.2 Å². The summed E-state index contributed by atoms with van der Waals surface area (Å²) < 4.78 is 18.8. The maximum Gasteiger partial charge on any atom is 0.130 e. The third-order valence-electron chi connectivity index (χ3n) is 2.91. The number of ether oxygens (including phenoxy) is 1. The molecule has 0 aliphatic carbocycles. The molecular formula is C15H16FNO2. The number of hydrogen-bond donors (Lipinski definition) is 1. The van der Waals surface area contributed by atoms with E-state index in [1.807, 2.05) is 19.1 Å². The van der Waals surface area contributed by atoms with Gasteiger partial charge in [0.15, 0.2) is 0 Å². The van der Waals surface area contributed by atoms with Crippen LogP contribution < -0.4 is 4.74 Å².